The molecule has 2 amide bonds. The summed E-state index contributed by atoms with van der Waals surface area (Å²) in [5.41, 5.74) is 0.647. The molecule has 4 heteroatoms. The molecule has 1 N–H and O–H groups in total. The molecule has 0 spiro atoms. The Morgan fingerprint density at radius 2 is 1.75 bits per heavy atom. The summed E-state index contributed by atoms with van der Waals surface area (Å²) in [5.74, 6) is -0.0662. The predicted octanol–water partition coefficient (Wildman–Crippen LogP) is 2.06. The van der Waals surface area contributed by atoms with Crippen molar-refractivity contribution in [1.29, 1.82) is 0 Å². The van der Waals surface area contributed by atoms with Crippen molar-refractivity contribution >= 4 is 11.8 Å². The fourth-order valence-corrected chi connectivity index (χ4v) is 2.77. The molecule has 0 heterocycles. The summed E-state index contributed by atoms with van der Waals surface area (Å²) >= 11 is 0. The third-order valence-electron chi connectivity index (χ3n) is 3.88. The molecule has 0 radical (unpaired) electrons. The molecule has 20 heavy (non-hydrogen) atoms. The van der Waals surface area contributed by atoms with E-state index in [4.69, 9.17) is 0 Å². The Bertz CT molecular complexity index is 471. The molecule has 1 aromatic rings. The van der Waals surface area contributed by atoms with E-state index in [1.165, 1.54) is 0 Å². The first-order valence-electron chi connectivity index (χ1n) is 7.16. The Hall–Kier alpha value is -1.84. The fraction of sp³-hybridized carbons (Fsp3) is 0.500. The SMILES string of the molecule is CN(C)C(=O)[C@@H]1CCCC[C@@H]1NC(=O)c1ccccc1. The van der Waals surface area contributed by atoms with Gasteiger partial charge in [-0.2, -0.15) is 0 Å². The Balaban J connectivity index is 2.06. The molecule has 2 atom stereocenters. The van der Waals surface area contributed by atoms with Gasteiger partial charge in [-0.15, -0.1) is 0 Å². The number of nitrogens with one attached hydrogen (secondary N) is 1. The highest BCUT2D eigenvalue weighted by Gasteiger charge is 2.32. The van der Waals surface area contributed by atoms with Crippen LogP contribution in [0.15, 0.2) is 30.3 Å². The van der Waals surface area contributed by atoms with Gasteiger partial charge in [0.2, 0.25) is 5.91 Å². The molecule has 4 nitrogen and oxygen atoms in total. The molecule has 1 aromatic carbocycles. The van der Waals surface area contributed by atoms with Gasteiger partial charge in [0.1, 0.15) is 0 Å². The van der Waals surface area contributed by atoms with E-state index in [1.54, 1.807) is 31.1 Å². The highest BCUT2D eigenvalue weighted by atomic mass is 16.2. The van der Waals surface area contributed by atoms with Crippen LogP contribution in [-0.2, 0) is 4.79 Å². The lowest BCUT2D eigenvalue weighted by atomic mass is 9.83. The van der Waals surface area contributed by atoms with Crippen molar-refractivity contribution in [3.05, 3.63) is 35.9 Å². The lowest BCUT2D eigenvalue weighted by Crippen LogP contribution is -2.48. The number of rotatable bonds is 3. The summed E-state index contributed by atoms with van der Waals surface area (Å²) in [4.78, 5) is 26.0. The maximum absolute atomic E-state index is 12.2. The second kappa shape index (κ2) is 6.55. The highest BCUT2D eigenvalue weighted by Crippen LogP contribution is 2.26. The number of carbonyl (C=O) groups is 2. The smallest absolute Gasteiger partial charge is 0.251 e. The lowest BCUT2D eigenvalue weighted by Gasteiger charge is -2.32. The van der Waals surface area contributed by atoms with Gasteiger partial charge in [0.15, 0.2) is 0 Å². The molecule has 1 aliphatic carbocycles. The molecule has 1 fully saturated rings. The van der Waals surface area contributed by atoms with E-state index >= 15 is 0 Å². The summed E-state index contributed by atoms with van der Waals surface area (Å²) in [5, 5.41) is 3.03. The molecular formula is C16H22N2O2. The average molecular weight is 274 g/mol. The molecule has 0 aromatic heterocycles. The van der Waals surface area contributed by atoms with E-state index in [-0.39, 0.29) is 23.8 Å². The van der Waals surface area contributed by atoms with Crippen LogP contribution in [0.2, 0.25) is 0 Å². The molecule has 0 unspecified atom stereocenters. The van der Waals surface area contributed by atoms with Crippen molar-refractivity contribution in [1.82, 2.24) is 10.2 Å². The van der Waals surface area contributed by atoms with Gasteiger partial charge >= 0.3 is 0 Å². The third-order valence-corrected chi connectivity index (χ3v) is 3.88. The summed E-state index contributed by atoms with van der Waals surface area (Å²) in [7, 11) is 3.54. The van der Waals surface area contributed by atoms with Crippen LogP contribution in [-0.4, -0.2) is 36.9 Å². The number of nitrogens with zero attached hydrogens (tertiary/aromatic N) is 1. The zero-order valence-electron chi connectivity index (χ0n) is 12.1. The largest absolute Gasteiger partial charge is 0.349 e. The number of hydrogen-bond acceptors (Lipinski definition) is 2. The van der Waals surface area contributed by atoms with Crippen LogP contribution in [0, 0.1) is 5.92 Å². The van der Waals surface area contributed by atoms with Crippen LogP contribution in [0.5, 0.6) is 0 Å². The number of benzene rings is 1. The van der Waals surface area contributed by atoms with Gasteiger partial charge in [-0.3, -0.25) is 9.59 Å². The topological polar surface area (TPSA) is 49.4 Å². The van der Waals surface area contributed by atoms with Crippen LogP contribution in [0.25, 0.3) is 0 Å². The van der Waals surface area contributed by atoms with Crippen molar-refractivity contribution in [2.24, 2.45) is 5.92 Å². The fourth-order valence-electron chi connectivity index (χ4n) is 2.77. The van der Waals surface area contributed by atoms with Gasteiger partial charge < -0.3 is 10.2 Å². The summed E-state index contributed by atoms with van der Waals surface area (Å²) in [6, 6.07) is 9.11. The summed E-state index contributed by atoms with van der Waals surface area (Å²) < 4.78 is 0. The second-order valence-corrected chi connectivity index (χ2v) is 5.57. The third kappa shape index (κ3) is 3.38. The van der Waals surface area contributed by atoms with Gasteiger partial charge in [0.25, 0.3) is 5.91 Å². The van der Waals surface area contributed by atoms with Gasteiger partial charge in [0.05, 0.1) is 5.92 Å². The van der Waals surface area contributed by atoms with Crippen molar-refractivity contribution in [3.8, 4) is 0 Å². The number of carbonyl (C=O) groups excluding carboxylic acids is 2. The average Bonchev–Trinajstić information content (AvgIpc) is 2.48. The van der Waals surface area contributed by atoms with Crippen LogP contribution < -0.4 is 5.32 Å². The van der Waals surface area contributed by atoms with Gasteiger partial charge in [-0.1, -0.05) is 31.0 Å². The van der Waals surface area contributed by atoms with E-state index in [9.17, 15) is 9.59 Å². The first-order chi connectivity index (χ1) is 9.59. The minimum atomic E-state index is -0.0913. The van der Waals surface area contributed by atoms with E-state index in [1.807, 2.05) is 18.2 Å². The Morgan fingerprint density at radius 1 is 1.10 bits per heavy atom. The van der Waals surface area contributed by atoms with Crippen molar-refractivity contribution in [3.63, 3.8) is 0 Å². The Kier molecular flexibility index (Phi) is 4.77. The summed E-state index contributed by atoms with van der Waals surface area (Å²) in [6.07, 6.45) is 3.86. The van der Waals surface area contributed by atoms with Crippen LogP contribution in [0.1, 0.15) is 36.0 Å². The van der Waals surface area contributed by atoms with E-state index in [2.05, 4.69) is 5.32 Å². The maximum atomic E-state index is 12.2. The molecule has 1 saturated carbocycles. The normalized spacial score (nSPS) is 22.1. The highest BCUT2D eigenvalue weighted by molar-refractivity contribution is 5.94. The zero-order chi connectivity index (χ0) is 14.5. The van der Waals surface area contributed by atoms with E-state index in [0.717, 1.165) is 25.7 Å². The van der Waals surface area contributed by atoms with Crippen molar-refractivity contribution in [2.45, 2.75) is 31.7 Å². The maximum Gasteiger partial charge on any atom is 0.251 e. The molecular weight excluding hydrogens is 252 g/mol. The van der Waals surface area contributed by atoms with Crippen LogP contribution in [0.4, 0.5) is 0 Å². The molecule has 1 aliphatic rings. The van der Waals surface area contributed by atoms with Gasteiger partial charge in [-0.25, -0.2) is 0 Å². The quantitative estimate of drug-likeness (QED) is 0.917. The molecule has 0 saturated heterocycles. The molecule has 0 bridgehead atoms. The molecule has 2 rings (SSSR count). The lowest BCUT2D eigenvalue weighted by molar-refractivity contribution is -0.134. The monoisotopic (exact) mass is 274 g/mol. The minimum absolute atomic E-state index is 0.0497. The van der Waals surface area contributed by atoms with Crippen LogP contribution >= 0.6 is 0 Å². The van der Waals surface area contributed by atoms with Crippen molar-refractivity contribution in [2.75, 3.05) is 14.1 Å². The second-order valence-electron chi connectivity index (χ2n) is 5.57. The molecule has 108 valence electrons. The molecule has 0 aliphatic heterocycles. The predicted molar refractivity (Wildman–Crippen MR) is 78.3 cm³/mol. The number of hydrogen-bond donors (Lipinski definition) is 1. The van der Waals surface area contributed by atoms with Gasteiger partial charge in [0, 0.05) is 25.7 Å². The Labute approximate surface area is 120 Å². The zero-order valence-corrected chi connectivity index (χ0v) is 12.1. The number of amides is 2. The minimum Gasteiger partial charge on any atom is -0.349 e. The Morgan fingerprint density at radius 3 is 2.40 bits per heavy atom. The standard InChI is InChI=1S/C16H22N2O2/c1-18(2)16(20)13-10-6-7-11-14(13)17-15(19)12-8-4-3-5-9-12/h3-5,8-9,13-14H,6-7,10-11H2,1-2H3,(H,17,19)/t13-,14+/m1/s1. The first kappa shape index (κ1) is 14.6. The first-order valence-corrected chi connectivity index (χ1v) is 7.16. The van der Waals surface area contributed by atoms with Gasteiger partial charge in [-0.05, 0) is 25.0 Å². The van der Waals surface area contributed by atoms with E-state index < -0.39 is 0 Å². The van der Waals surface area contributed by atoms with Crippen LogP contribution in [0.3, 0.4) is 0 Å². The van der Waals surface area contributed by atoms with E-state index in [0.29, 0.717) is 5.56 Å². The summed E-state index contributed by atoms with van der Waals surface area (Å²) in [6.45, 7) is 0. The van der Waals surface area contributed by atoms with Crippen molar-refractivity contribution < 1.29 is 9.59 Å².